The van der Waals surface area contributed by atoms with E-state index in [1.54, 1.807) is 20.8 Å². The maximum atomic E-state index is 12.5. The smallest absolute Gasteiger partial charge is 0.253 e. The number of hydrogen-bond donors (Lipinski definition) is 2. The summed E-state index contributed by atoms with van der Waals surface area (Å²) in [5.41, 5.74) is 0. The predicted octanol–water partition coefficient (Wildman–Crippen LogP) is 1.34. The fourth-order valence-corrected chi connectivity index (χ4v) is 3.04. The van der Waals surface area contributed by atoms with Crippen molar-refractivity contribution in [3.05, 3.63) is 12.2 Å². The third kappa shape index (κ3) is 7.79. The van der Waals surface area contributed by atoms with Gasteiger partial charge in [0.05, 0.1) is 6.04 Å². The van der Waals surface area contributed by atoms with Crippen LogP contribution in [0.5, 0.6) is 0 Å². The molecule has 0 fully saturated rings. The Hall–Kier alpha value is -2.51. The molecule has 4 amide bonds. The molecule has 29 heavy (non-hydrogen) atoms. The second-order valence-electron chi connectivity index (χ2n) is 8.05. The van der Waals surface area contributed by atoms with Crippen LogP contribution in [0.2, 0.25) is 0 Å². The lowest BCUT2D eigenvalue weighted by molar-refractivity contribution is -0.137. The van der Waals surface area contributed by atoms with E-state index >= 15 is 0 Å². The van der Waals surface area contributed by atoms with Gasteiger partial charge in [-0.1, -0.05) is 34.1 Å². The number of ketones is 1. The largest absolute Gasteiger partial charge is 0.345 e. The molecule has 0 radical (unpaired) electrons. The average Bonchev–Trinajstić information content (AvgIpc) is 2.96. The fraction of sp³-hybridized carbons (Fsp3) is 0.667. The normalized spacial score (nSPS) is 15.8. The Morgan fingerprint density at radius 1 is 0.897 bits per heavy atom. The first-order valence-electron chi connectivity index (χ1n) is 10.2. The Morgan fingerprint density at radius 3 is 2.00 bits per heavy atom. The Bertz CT molecular complexity index is 651. The van der Waals surface area contributed by atoms with E-state index in [1.807, 2.05) is 13.8 Å². The van der Waals surface area contributed by atoms with Crippen molar-refractivity contribution in [1.29, 1.82) is 0 Å². The lowest BCUT2D eigenvalue weighted by Gasteiger charge is -2.24. The van der Waals surface area contributed by atoms with Crippen LogP contribution in [0, 0.1) is 11.8 Å². The number of unbranched alkanes of at least 4 members (excludes halogenated alkanes) is 2. The predicted molar refractivity (Wildman–Crippen MR) is 109 cm³/mol. The lowest BCUT2D eigenvalue weighted by atomic mass is 10.00. The van der Waals surface area contributed by atoms with Gasteiger partial charge in [0.25, 0.3) is 11.8 Å². The number of rotatable bonds is 12. The zero-order chi connectivity index (χ0) is 22.1. The van der Waals surface area contributed by atoms with E-state index < -0.39 is 12.1 Å². The molecular formula is C21H33N3O5. The highest BCUT2D eigenvalue weighted by Gasteiger charge is 2.27. The first kappa shape index (κ1) is 24.5. The molecule has 8 heteroatoms. The van der Waals surface area contributed by atoms with Crippen molar-refractivity contribution in [3.8, 4) is 0 Å². The molecular weight excluding hydrogens is 374 g/mol. The second kappa shape index (κ2) is 11.5. The van der Waals surface area contributed by atoms with Crippen LogP contribution in [0.25, 0.3) is 0 Å². The van der Waals surface area contributed by atoms with Gasteiger partial charge >= 0.3 is 0 Å². The summed E-state index contributed by atoms with van der Waals surface area (Å²) in [5.74, 6) is -1.57. The molecule has 2 atom stereocenters. The van der Waals surface area contributed by atoms with Gasteiger partial charge in [-0.3, -0.25) is 28.9 Å². The van der Waals surface area contributed by atoms with E-state index in [1.165, 1.54) is 17.1 Å². The van der Waals surface area contributed by atoms with Crippen LogP contribution < -0.4 is 10.6 Å². The number of nitrogens with one attached hydrogen (secondary N) is 2. The number of nitrogens with zero attached hydrogens (tertiary/aromatic N) is 1. The van der Waals surface area contributed by atoms with Crippen molar-refractivity contribution in [3.63, 3.8) is 0 Å². The Morgan fingerprint density at radius 2 is 1.48 bits per heavy atom. The highest BCUT2D eigenvalue weighted by molar-refractivity contribution is 6.12. The maximum absolute atomic E-state index is 12.5. The van der Waals surface area contributed by atoms with Crippen LogP contribution in [0.3, 0.4) is 0 Å². The van der Waals surface area contributed by atoms with Gasteiger partial charge in [0.1, 0.15) is 6.04 Å². The summed E-state index contributed by atoms with van der Waals surface area (Å²) in [7, 11) is 0. The number of imide groups is 1. The molecule has 0 saturated heterocycles. The molecule has 0 aromatic rings. The number of hydrogen-bond acceptors (Lipinski definition) is 5. The third-order valence-corrected chi connectivity index (χ3v) is 4.81. The summed E-state index contributed by atoms with van der Waals surface area (Å²) in [6.45, 7) is 9.20. The van der Waals surface area contributed by atoms with Crippen LogP contribution in [-0.4, -0.2) is 52.9 Å². The first-order chi connectivity index (χ1) is 13.5. The van der Waals surface area contributed by atoms with Crippen LogP contribution in [0.1, 0.15) is 60.3 Å². The molecule has 8 nitrogen and oxygen atoms in total. The van der Waals surface area contributed by atoms with Crippen LogP contribution in [0.4, 0.5) is 0 Å². The van der Waals surface area contributed by atoms with E-state index in [0.29, 0.717) is 25.8 Å². The quantitative estimate of drug-likeness (QED) is 0.374. The molecule has 0 spiro atoms. The van der Waals surface area contributed by atoms with E-state index in [0.717, 1.165) is 0 Å². The summed E-state index contributed by atoms with van der Waals surface area (Å²) in [5, 5.41) is 5.43. The molecule has 1 unspecified atom stereocenters. The highest BCUT2D eigenvalue weighted by atomic mass is 16.2. The summed E-state index contributed by atoms with van der Waals surface area (Å²) in [4.78, 5) is 60.8. The van der Waals surface area contributed by atoms with E-state index in [2.05, 4.69) is 10.6 Å². The van der Waals surface area contributed by atoms with Crippen LogP contribution in [-0.2, 0) is 24.0 Å². The molecule has 1 aliphatic rings. The molecule has 0 aliphatic carbocycles. The van der Waals surface area contributed by atoms with Crippen molar-refractivity contribution in [2.75, 3.05) is 6.54 Å². The van der Waals surface area contributed by atoms with Crippen molar-refractivity contribution in [1.82, 2.24) is 15.5 Å². The minimum atomic E-state index is -0.712. The summed E-state index contributed by atoms with van der Waals surface area (Å²) < 4.78 is 0. The topological polar surface area (TPSA) is 113 Å². The molecule has 0 saturated carbocycles. The molecule has 1 rings (SSSR count). The minimum absolute atomic E-state index is 0.0580. The van der Waals surface area contributed by atoms with Gasteiger partial charge in [-0.25, -0.2) is 0 Å². The summed E-state index contributed by atoms with van der Waals surface area (Å²) >= 11 is 0. The van der Waals surface area contributed by atoms with E-state index in [4.69, 9.17) is 0 Å². The molecule has 0 aromatic carbocycles. The SMILES string of the molecule is CC(C)C(=O)[C@H](C)NC(=O)C(NC(=O)CCCCCN1C(=O)C=CC1=O)C(C)C. The number of carbonyl (C=O) groups excluding carboxylic acids is 5. The average molecular weight is 408 g/mol. The molecule has 162 valence electrons. The van der Waals surface area contributed by atoms with Crippen molar-refractivity contribution in [2.24, 2.45) is 11.8 Å². The van der Waals surface area contributed by atoms with Gasteiger partial charge in [0.2, 0.25) is 11.8 Å². The number of Topliss-reactive ketones (excluding diaryl/α,β-unsaturated/α-hetero) is 1. The van der Waals surface area contributed by atoms with Crippen LogP contribution >= 0.6 is 0 Å². The fourth-order valence-electron chi connectivity index (χ4n) is 3.04. The summed E-state index contributed by atoms with van der Waals surface area (Å²) in [6.07, 6.45) is 4.64. The number of carbonyl (C=O) groups is 5. The standard InChI is InChI=1S/C21H33N3O5/c1-13(2)19(21(29)22-15(5)20(28)14(3)4)23-16(25)9-7-6-8-12-24-17(26)10-11-18(24)27/h10-11,13-15,19H,6-9,12H2,1-5H3,(H,22,29)(H,23,25)/t15-,19?/m0/s1. The lowest BCUT2D eigenvalue weighted by Crippen LogP contribution is -2.53. The van der Waals surface area contributed by atoms with Crippen molar-refractivity contribution in [2.45, 2.75) is 72.4 Å². The molecule has 1 heterocycles. The highest BCUT2D eigenvalue weighted by Crippen LogP contribution is 2.09. The van der Waals surface area contributed by atoms with Gasteiger partial charge < -0.3 is 10.6 Å². The maximum Gasteiger partial charge on any atom is 0.253 e. The summed E-state index contributed by atoms with van der Waals surface area (Å²) in [6, 6.07) is -1.32. The van der Waals surface area contributed by atoms with Gasteiger partial charge in [0, 0.05) is 31.0 Å². The van der Waals surface area contributed by atoms with Crippen molar-refractivity contribution < 1.29 is 24.0 Å². The van der Waals surface area contributed by atoms with Gasteiger partial charge in [0.15, 0.2) is 5.78 Å². The second-order valence-corrected chi connectivity index (χ2v) is 8.05. The molecule has 2 N–H and O–H groups in total. The monoisotopic (exact) mass is 407 g/mol. The van der Waals surface area contributed by atoms with Crippen LogP contribution in [0.15, 0.2) is 12.2 Å². The first-order valence-corrected chi connectivity index (χ1v) is 10.2. The zero-order valence-corrected chi connectivity index (χ0v) is 18.0. The van der Waals surface area contributed by atoms with Gasteiger partial charge in [-0.15, -0.1) is 0 Å². The molecule has 0 bridgehead atoms. The zero-order valence-electron chi connectivity index (χ0n) is 18.0. The van der Waals surface area contributed by atoms with Gasteiger partial charge in [-0.05, 0) is 25.7 Å². The Labute approximate surface area is 172 Å². The Balaban J connectivity index is 2.38. The van der Waals surface area contributed by atoms with E-state index in [-0.39, 0.29) is 47.7 Å². The van der Waals surface area contributed by atoms with Gasteiger partial charge in [-0.2, -0.15) is 0 Å². The molecule has 1 aliphatic heterocycles. The van der Waals surface area contributed by atoms with E-state index in [9.17, 15) is 24.0 Å². The number of amides is 4. The third-order valence-electron chi connectivity index (χ3n) is 4.81. The minimum Gasteiger partial charge on any atom is -0.345 e. The van der Waals surface area contributed by atoms with Crippen molar-refractivity contribution >= 4 is 29.4 Å². The Kier molecular flexibility index (Phi) is 9.71. The molecule has 0 aromatic heterocycles.